The van der Waals surface area contributed by atoms with Gasteiger partial charge in [0.1, 0.15) is 6.17 Å². The lowest BCUT2D eigenvalue weighted by Gasteiger charge is -2.12. The zero-order valence-electron chi connectivity index (χ0n) is 5.35. The summed E-state index contributed by atoms with van der Waals surface area (Å²) in [4.78, 5) is 0. The first-order chi connectivity index (χ1) is 4.20. The van der Waals surface area contributed by atoms with Gasteiger partial charge in [0.25, 0.3) is 0 Å². The topological polar surface area (TPSA) is 23.5 Å². The molecule has 0 saturated carbocycles. The van der Waals surface area contributed by atoms with Crippen LogP contribution < -0.4 is 0 Å². The van der Waals surface area contributed by atoms with Gasteiger partial charge in [0.2, 0.25) is 0 Å². The predicted molar refractivity (Wildman–Crippen MR) is 43.2 cm³/mol. The van der Waals surface area contributed by atoms with Crippen LogP contribution >= 0.6 is 22.9 Å². The fraction of sp³-hybridized carbons (Fsp3) is 1.00. The Morgan fingerprint density at radius 2 is 2.33 bits per heavy atom. The molecule has 0 bridgehead atoms. The molecule has 0 rings (SSSR count). The summed E-state index contributed by atoms with van der Waals surface area (Å²) in [7, 11) is 0. The highest BCUT2D eigenvalue weighted by Gasteiger charge is 2.06. The smallest absolute Gasteiger partial charge is 0.136 e. The molecule has 0 aliphatic heterocycles. The number of alkyl halides is 1. The van der Waals surface area contributed by atoms with Gasteiger partial charge >= 0.3 is 0 Å². The molecule has 0 aromatic rings. The average molecular weight is 247 g/mol. The third-order valence-corrected chi connectivity index (χ3v) is 2.01. The van der Waals surface area contributed by atoms with E-state index in [-0.39, 0.29) is 6.61 Å². The van der Waals surface area contributed by atoms with Crippen molar-refractivity contribution in [3.05, 3.63) is 0 Å². The Balaban J connectivity index is 3.22. The van der Waals surface area contributed by atoms with Crippen molar-refractivity contribution in [2.45, 2.75) is 13.1 Å². The van der Waals surface area contributed by atoms with Gasteiger partial charge in [-0.2, -0.15) is 0 Å². The van der Waals surface area contributed by atoms with Crippen molar-refractivity contribution >= 4 is 22.9 Å². The molecular formula is C5H11FINO. The normalized spacial score (nSPS) is 14.3. The van der Waals surface area contributed by atoms with Crippen LogP contribution in [0.4, 0.5) is 4.39 Å². The van der Waals surface area contributed by atoms with E-state index in [0.717, 1.165) is 6.54 Å². The number of nitrogens with zero attached hydrogens (tertiary/aromatic N) is 1. The molecule has 1 N–H and O–H groups in total. The summed E-state index contributed by atoms with van der Waals surface area (Å²) in [6, 6.07) is 0. The van der Waals surface area contributed by atoms with E-state index >= 15 is 0 Å². The van der Waals surface area contributed by atoms with E-state index in [1.807, 2.05) is 29.8 Å². The maximum absolute atomic E-state index is 12.3. The van der Waals surface area contributed by atoms with E-state index in [1.165, 1.54) is 0 Å². The highest BCUT2D eigenvalue weighted by atomic mass is 127. The lowest BCUT2D eigenvalue weighted by Crippen LogP contribution is -2.23. The standard InChI is InChI=1S/C5H11FINO/c1-2-8(7)3-5(6)4-9/h5,9H,2-4H2,1H3. The van der Waals surface area contributed by atoms with Gasteiger partial charge < -0.3 is 5.11 Å². The molecule has 4 heteroatoms. The van der Waals surface area contributed by atoms with Crippen LogP contribution in [0.1, 0.15) is 6.92 Å². The lowest BCUT2D eigenvalue weighted by atomic mass is 10.4. The fourth-order valence-electron chi connectivity index (χ4n) is 0.402. The van der Waals surface area contributed by atoms with Crippen LogP contribution in [0.3, 0.4) is 0 Å². The summed E-state index contributed by atoms with van der Waals surface area (Å²) in [5, 5.41) is 8.27. The molecule has 2 nitrogen and oxygen atoms in total. The maximum Gasteiger partial charge on any atom is 0.136 e. The highest BCUT2D eigenvalue weighted by Crippen LogP contribution is 2.01. The monoisotopic (exact) mass is 247 g/mol. The molecule has 0 aliphatic rings. The molecule has 0 aliphatic carbocycles. The van der Waals surface area contributed by atoms with Gasteiger partial charge in [0.05, 0.1) is 6.61 Å². The van der Waals surface area contributed by atoms with Crippen LogP contribution in [0, 0.1) is 0 Å². The Labute approximate surface area is 68.5 Å². The molecule has 0 heterocycles. The summed E-state index contributed by atoms with van der Waals surface area (Å²) in [5.41, 5.74) is 0. The average Bonchev–Trinajstić information content (AvgIpc) is 1.87. The van der Waals surface area contributed by atoms with Gasteiger partial charge in [-0.15, -0.1) is 0 Å². The second kappa shape index (κ2) is 5.37. The van der Waals surface area contributed by atoms with Crippen LogP contribution in [-0.4, -0.2) is 34.1 Å². The largest absolute Gasteiger partial charge is 0.393 e. The number of hydrogen-bond donors (Lipinski definition) is 1. The van der Waals surface area contributed by atoms with E-state index < -0.39 is 6.17 Å². The minimum Gasteiger partial charge on any atom is -0.393 e. The highest BCUT2D eigenvalue weighted by molar-refractivity contribution is 14.1. The maximum atomic E-state index is 12.3. The Morgan fingerprint density at radius 1 is 1.78 bits per heavy atom. The first-order valence-electron chi connectivity index (χ1n) is 2.86. The van der Waals surface area contributed by atoms with Crippen LogP contribution in [0.2, 0.25) is 0 Å². The van der Waals surface area contributed by atoms with Crippen molar-refractivity contribution in [3.63, 3.8) is 0 Å². The van der Waals surface area contributed by atoms with E-state index in [1.54, 1.807) is 3.11 Å². The quantitative estimate of drug-likeness (QED) is 0.591. The fourth-order valence-corrected chi connectivity index (χ4v) is 0.829. The summed E-state index contributed by atoms with van der Waals surface area (Å²) in [6.07, 6.45) is -1.10. The van der Waals surface area contributed by atoms with E-state index in [2.05, 4.69) is 0 Å². The molecule has 0 radical (unpaired) electrons. The van der Waals surface area contributed by atoms with Gasteiger partial charge in [-0.3, -0.25) is 0 Å². The SMILES string of the molecule is CCN(I)CC(F)CO. The van der Waals surface area contributed by atoms with Gasteiger partial charge in [-0.05, 0) is 0 Å². The van der Waals surface area contributed by atoms with E-state index in [9.17, 15) is 4.39 Å². The number of hydrogen-bond acceptors (Lipinski definition) is 2. The number of aliphatic hydroxyl groups excluding tert-OH is 1. The van der Waals surface area contributed by atoms with Crippen molar-refractivity contribution in [2.75, 3.05) is 19.7 Å². The van der Waals surface area contributed by atoms with Gasteiger partial charge in [-0.1, -0.05) is 6.92 Å². The Hall–Kier alpha value is 0.580. The summed E-state index contributed by atoms with van der Waals surface area (Å²) >= 11 is 2.03. The molecule has 0 fully saturated rings. The second-order valence-electron chi connectivity index (χ2n) is 1.74. The van der Waals surface area contributed by atoms with Crippen molar-refractivity contribution < 1.29 is 9.50 Å². The third-order valence-electron chi connectivity index (χ3n) is 0.937. The molecule has 0 amide bonds. The molecule has 0 aromatic heterocycles. The lowest BCUT2D eigenvalue weighted by molar-refractivity contribution is 0.163. The Kier molecular flexibility index (Phi) is 5.72. The molecule has 0 saturated heterocycles. The minimum atomic E-state index is -1.10. The van der Waals surface area contributed by atoms with Crippen molar-refractivity contribution in [2.24, 2.45) is 0 Å². The predicted octanol–water partition coefficient (Wildman–Crippen LogP) is 0.989. The van der Waals surface area contributed by atoms with Gasteiger partial charge in [0, 0.05) is 36.0 Å². The minimum absolute atomic E-state index is 0.313. The van der Waals surface area contributed by atoms with Crippen molar-refractivity contribution in [1.82, 2.24) is 3.11 Å². The number of aliphatic hydroxyl groups is 1. The van der Waals surface area contributed by atoms with Crippen LogP contribution in [-0.2, 0) is 0 Å². The van der Waals surface area contributed by atoms with Crippen molar-refractivity contribution in [1.29, 1.82) is 0 Å². The molecule has 0 spiro atoms. The molecule has 0 aromatic carbocycles. The van der Waals surface area contributed by atoms with Crippen LogP contribution in [0.5, 0.6) is 0 Å². The second-order valence-corrected chi connectivity index (χ2v) is 3.11. The summed E-state index contributed by atoms with van der Waals surface area (Å²) in [5.74, 6) is 0. The molecule has 9 heavy (non-hydrogen) atoms. The summed E-state index contributed by atoms with van der Waals surface area (Å²) in [6.45, 7) is 2.69. The number of halogens is 2. The van der Waals surface area contributed by atoms with E-state index in [4.69, 9.17) is 5.11 Å². The van der Waals surface area contributed by atoms with Gasteiger partial charge in [-0.25, -0.2) is 7.50 Å². The first-order valence-corrected chi connectivity index (χ1v) is 3.82. The van der Waals surface area contributed by atoms with Gasteiger partial charge in [0.15, 0.2) is 0 Å². The number of rotatable bonds is 4. The molecule has 1 atom stereocenters. The molecular weight excluding hydrogens is 236 g/mol. The molecule has 56 valence electrons. The summed E-state index contributed by atoms with van der Waals surface area (Å²) < 4.78 is 14.1. The zero-order chi connectivity index (χ0) is 7.28. The Bertz CT molecular complexity index is 66.0. The van der Waals surface area contributed by atoms with E-state index in [0.29, 0.717) is 6.54 Å². The molecule has 1 unspecified atom stereocenters. The van der Waals surface area contributed by atoms with Crippen LogP contribution in [0.15, 0.2) is 0 Å². The zero-order valence-corrected chi connectivity index (χ0v) is 7.51. The third kappa shape index (κ3) is 5.05. The first kappa shape index (κ1) is 9.58. The Morgan fingerprint density at radius 3 is 2.67 bits per heavy atom. The van der Waals surface area contributed by atoms with Crippen LogP contribution in [0.25, 0.3) is 0 Å². The van der Waals surface area contributed by atoms with Crippen molar-refractivity contribution in [3.8, 4) is 0 Å².